The number of amides is 2. The summed E-state index contributed by atoms with van der Waals surface area (Å²) in [4.78, 5) is 32.2. The highest BCUT2D eigenvalue weighted by molar-refractivity contribution is 6.06. The van der Waals surface area contributed by atoms with Crippen molar-refractivity contribution >= 4 is 28.5 Å². The molecule has 0 bridgehead atoms. The monoisotopic (exact) mass is 462 g/mol. The lowest BCUT2D eigenvalue weighted by molar-refractivity contribution is -0.116. The smallest absolute Gasteiger partial charge is 0.252 e. The van der Waals surface area contributed by atoms with E-state index < -0.39 is 0 Å². The Kier molecular flexibility index (Phi) is 6.45. The van der Waals surface area contributed by atoms with Gasteiger partial charge in [0.25, 0.3) is 5.91 Å². The molecule has 8 heteroatoms. The molecule has 1 aliphatic rings. The van der Waals surface area contributed by atoms with Crippen LogP contribution in [0.4, 0.5) is 5.69 Å². The van der Waals surface area contributed by atoms with Crippen molar-refractivity contribution in [1.29, 1.82) is 0 Å². The summed E-state index contributed by atoms with van der Waals surface area (Å²) in [5, 5.41) is 11.5. The van der Waals surface area contributed by atoms with E-state index in [0.29, 0.717) is 30.3 Å². The molecule has 1 saturated carbocycles. The predicted molar refractivity (Wildman–Crippen MR) is 134 cm³/mol. The lowest BCUT2D eigenvalue weighted by Gasteiger charge is -2.20. The van der Waals surface area contributed by atoms with Crippen molar-refractivity contribution in [2.45, 2.75) is 58.5 Å². The Labute approximate surface area is 200 Å². The van der Waals surface area contributed by atoms with Crippen molar-refractivity contribution in [2.24, 2.45) is 0 Å². The van der Waals surface area contributed by atoms with Gasteiger partial charge < -0.3 is 15.5 Å². The van der Waals surface area contributed by atoms with E-state index in [1.807, 2.05) is 60.9 Å². The van der Waals surface area contributed by atoms with Gasteiger partial charge in [0.1, 0.15) is 0 Å². The van der Waals surface area contributed by atoms with Crippen LogP contribution < -0.4 is 10.6 Å². The summed E-state index contributed by atoms with van der Waals surface area (Å²) in [6, 6.07) is 9.48. The summed E-state index contributed by atoms with van der Waals surface area (Å²) in [5.74, 6) is 0.194. The van der Waals surface area contributed by atoms with Crippen molar-refractivity contribution in [2.75, 3.05) is 26.0 Å². The third-order valence-corrected chi connectivity index (χ3v) is 5.83. The molecule has 3 aromatic rings. The van der Waals surface area contributed by atoms with Gasteiger partial charge in [0, 0.05) is 23.8 Å². The van der Waals surface area contributed by atoms with E-state index in [1.54, 1.807) is 0 Å². The van der Waals surface area contributed by atoms with E-state index in [2.05, 4.69) is 31.4 Å². The SMILES string of the molecule is Cc1nn(C(C)(C)C)c2nc(C3CC3)cc(C(=O)NCc3cccc(NC(=O)CN(C)C)c3)c12. The predicted octanol–water partition coefficient (Wildman–Crippen LogP) is 3.80. The number of nitrogens with one attached hydrogen (secondary N) is 2. The number of rotatable bonds is 7. The molecule has 2 heterocycles. The topological polar surface area (TPSA) is 92.1 Å². The van der Waals surface area contributed by atoms with Gasteiger partial charge in [0.15, 0.2) is 5.65 Å². The number of benzene rings is 1. The maximum atomic E-state index is 13.4. The number of carbonyl (C=O) groups is 2. The molecule has 34 heavy (non-hydrogen) atoms. The van der Waals surface area contributed by atoms with E-state index in [4.69, 9.17) is 10.1 Å². The highest BCUT2D eigenvalue weighted by Gasteiger charge is 2.30. The fourth-order valence-electron chi connectivity index (χ4n) is 4.07. The zero-order chi connectivity index (χ0) is 24.6. The quantitative estimate of drug-likeness (QED) is 0.557. The second-order valence-corrected chi connectivity index (χ2v) is 10.4. The van der Waals surface area contributed by atoms with Crippen LogP contribution in [0.15, 0.2) is 30.3 Å². The molecular formula is C26H34N6O2. The van der Waals surface area contributed by atoms with Crippen molar-refractivity contribution in [3.05, 3.63) is 52.8 Å². The van der Waals surface area contributed by atoms with Crippen molar-refractivity contribution in [1.82, 2.24) is 25.0 Å². The molecule has 0 saturated heterocycles. The molecule has 0 atom stereocenters. The molecule has 0 unspecified atom stereocenters. The number of fused-ring (bicyclic) bond motifs is 1. The van der Waals surface area contributed by atoms with Crippen molar-refractivity contribution < 1.29 is 9.59 Å². The maximum absolute atomic E-state index is 13.4. The minimum atomic E-state index is -0.243. The van der Waals surface area contributed by atoms with Gasteiger partial charge in [-0.3, -0.25) is 9.59 Å². The molecule has 2 amide bonds. The van der Waals surface area contributed by atoms with Crippen LogP contribution in [-0.2, 0) is 16.9 Å². The summed E-state index contributed by atoms with van der Waals surface area (Å²) < 4.78 is 1.93. The largest absolute Gasteiger partial charge is 0.348 e. The molecule has 4 rings (SSSR count). The van der Waals surface area contributed by atoms with Gasteiger partial charge in [-0.15, -0.1) is 0 Å². The molecule has 180 valence electrons. The van der Waals surface area contributed by atoms with Gasteiger partial charge in [0.2, 0.25) is 5.91 Å². The number of likely N-dealkylation sites (N-methyl/N-ethyl adjacent to an activating group) is 1. The van der Waals surface area contributed by atoms with Gasteiger partial charge in [-0.1, -0.05) is 12.1 Å². The zero-order valence-electron chi connectivity index (χ0n) is 20.9. The molecule has 1 aromatic carbocycles. The number of hydrogen-bond donors (Lipinski definition) is 2. The normalized spacial score (nSPS) is 14.0. The van der Waals surface area contributed by atoms with Crippen LogP contribution in [0, 0.1) is 6.92 Å². The molecule has 1 fully saturated rings. The summed E-state index contributed by atoms with van der Waals surface area (Å²) in [6.45, 7) is 8.87. The summed E-state index contributed by atoms with van der Waals surface area (Å²) in [7, 11) is 3.70. The lowest BCUT2D eigenvalue weighted by atomic mass is 10.1. The summed E-state index contributed by atoms with van der Waals surface area (Å²) in [5.41, 5.74) is 4.53. The number of carbonyl (C=O) groups excluding carboxylic acids is 2. The summed E-state index contributed by atoms with van der Waals surface area (Å²) in [6.07, 6.45) is 2.21. The molecule has 2 aromatic heterocycles. The van der Waals surface area contributed by atoms with Gasteiger partial charge >= 0.3 is 0 Å². The van der Waals surface area contributed by atoms with Crippen LogP contribution in [0.25, 0.3) is 11.0 Å². The lowest BCUT2D eigenvalue weighted by Crippen LogP contribution is -2.27. The number of aryl methyl sites for hydroxylation is 1. The minimum Gasteiger partial charge on any atom is -0.348 e. The average Bonchev–Trinajstić information content (AvgIpc) is 3.54. The fraction of sp³-hybridized carbons (Fsp3) is 0.462. The first-order valence-electron chi connectivity index (χ1n) is 11.8. The number of hydrogen-bond acceptors (Lipinski definition) is 5. The molecule has 0 spiro atoms. The van der Waals surface area contributed by atoms with E-state index in [9.17, 15) is 9.59 Å². The highest BCUT2D eigenvalue weighted by atomic mass is 16.2. The van der Waals surface area contributed by atoms with E-state index >= 15 is 0 Å². The highest BCUT2D eigenvalue weighted by Crippen LogP contribution is 2.41. The molecule has 1 aliphatic carbocycles. The standard InChI is InChI=1S/C26H34N6O2/c1-16-23-20(13-21(18-10-11-18)29-24(23)32(30-16)26(2,3)4)25(34)27-14-17-8-7-9-19(12-17)28-22(33)15-31(5)6/h7-9,12-13,18H,10-11,14-15H2,1-6H3,(H,27,34)(H,28,33). The van der Waals surface area contributed by atoms with Crippen molar-refractivity contribution in [3.8, 4) is 0 Å². The Morgan fingerprint density at radius 3 is 2.56 bits per heavy atom. The number of pyridine rings is 1. The first-order chi connectivity index (χ1) is 16.0. The van der Waals surface area contributed by atoms with E-state index in [0.717, 1.165) is 40.8 Å². The molecule has 0 radical (unpaired) electrons. The second-order valence-electron chi connectivity index (χ2n) is 10.4. The van der Waals surface area contributed by atoms with Gasteiger partial charge in [-0.05, 0) is 78.4 Å². The van der Waals surface area contributed by atoms with Crippen LogP contribution in [0.2, 0.25) is 0 Å². The second kappa shape index (κ2) is 9.18. The van der Waals surface area contributed by atoms with Gasteiger partial charge in [0.05, 0.1) is 28.7 Å². The van der Waals surface area contributed by atoms with Crippen LogP contribution in [0.5, 0.6) is 0 Å². The van der Waals surface area contributed by atoms with Crippen molar-refractivity contribution in [3.63, 3.8) is 0 Å². The number of nitrogens with zero attached hydrogens (tertiary/aromatic N) is 4. The molecule has 0 aliphatic heterocycles. The van der Waals surface area contributed by atoms with Crippen LogP contribution in [0.1, 0.15) is 66.8 Å². The van der Waals surface area contributed by atoms with Gasteiger partial charge in [-0.2, -0.15) is 5.10 Å². The number of aromatic nitrogens is 3. The van der Waals surface area contributed by atoms with Crippen LogP contribution >= 0.6 is 0 Å². The third-order valence-electron chi connectivity index (χ3n) is 5.83. The zero-order valence-corrected chi connectivity index (χ0v) is 20.9. The number of anilines is 1. The first kappa shape index (κ1) is 23.9. The van der Waals surface area contributed by atoms with E-state index in [1.165, 1.54) is 0 Å². The Hall–Kier alpha value is -3.26. The minimum absolute atomic E-state index is 0.0793. The van der Waals surface area contributed by atoms with Gasteiger partial charge in [-0.25, -0.2) is 9.67 Å². The molecular weight excluding hydrogens is 428 g/mol. The Balaban J connectivity index is 1.57. The van der Waals surface area contributed by atoms with Crippen LogP contribution in [0.3, 0.4) is 0 Å². The fourth-order valence-corrected chi connectivity index (χ4v) is 4.07. The Morgan fingerprint density at radius 2 is 1.91 bits per heavy atom. The Bertz CT molecular complexity index is 1230. The first-order valence-corrected chi connectivity index (χ1v) is 11.8. The Morgan fingerprint density at radius 1 is 1.18 bits per heavy atom. The van der Waals surface area contributed by atoms with E-state index in [-0.39, 0.29) is 17.4 Å². The summed E-state index contributed by atoms with van der Waals surface area (Å²) >= 11 is 0. The molecule has 2 N–H and O–H groups in total. The van der Waals surface area contributed by atoms with Crippen LogP contribution in [-0.4, -0.2) is 52.1 Å². The maximum Gasteiger partial charge on any atom is 0.252 e. The third kappa shape index (κ3) is 5.28. The average molecular weight is 463 g/mol. The molecule has 8 nitrogen and oxygen atoms in total.